The summed E-state index contributed by atoms with van der Waals surface area (Å²) >= 11 is 3.48. The molecule has 0 aromatic carbocycles. The zero-order valence-corrected chi connectivity index (χ0v) is 19.8. The first-order chi connectivity index (χ1) is 15.7. The lowest BCUT2D eigenvalue weighted by Crippen LogP contribution is -2.46. The van der Waals surface area contributed by atoms with Crippen LogP contribution in [0.5, 0.6) is 0 Å². The smallest absolute Gasteiger partial charge is 0.173 e. The van der Waals surface area contributed by atoms with Gasteiger partial charge in [-0.15, -0.1) is 22.7 Å². The lowest BCUT2D eigenvalue weighted by Gasteiger charge is -2.35. The van der Waals surface area contributed by atoms with Crippen LogP contribution in [0.1, 0.15) is 16.1 Å². The summed E-state index contributed by atoms with van der Waals surface area (Å²) in [6.45, 7) is 9.17. The van der Waals surface area contributed by atoms with E-state index in [2.05, 4.69) is 64.0 Å². The summed E-state index contributed by atoms with van der Waals surface area (Å²) in [6.07, 6.45) is 4.20. The number of hydrogen-bond acceptors (Lipinski definition) is 7. The van der Waals surface area contributed by atoms with Crippen LogP contribution in [0.25, 0.3) is 26.6 Å². The number of anilines is 1. The molecule has 5 aromatic heterocycles. The number of aromatic nitrogens is 4. The molecule has 1 saturated heterocycles. The van der Waals surface area contributed by atoms with Crippen LogP contribution >= 0.6 is 22.7 Å². The van der Waals surface area contributed by atoms with Crippen molar-refractivity contribution in [2.75, 3.05) is 31.1 Å². The highest BCUT2D eigenvalue weighted by molar-refractivity contribution is 7.19. The molecule has 0 atom stereocenters. The monoisotopic (exact) mass is 460 g/mol. The van der Waals surface area contributed by atoms with Crippen LogP contribution in [0.4, 0.5) is 5.82 Å². The Labute approximate surface area is 194 Å². The highest BCUT2D eigenvalue weighted by Gasteiger charge is 2.24. The molecule has 162 valence electrons. The van der Waals surface area contributed by atoms with Crippen molar-refractivity contribution < 1.29 is 0 Å². The molecule has 32 heavy (non-hydrogen) atoms. The SMILES string of the molecule is Cc1sc2nc(-c3cccs3)nc(N3CCN(Cc4cn5ccccc5n4)CC3)c2c1C. The number of piperazine rings is 1. The predicted octanol–water partition coefficient (Wildman–Crippen LogP) is 5.01. The Morgan fingerprint density at radius 3 is 2.62 bits per heavy atom. The molecule has 6 heterocycles. The predicted molar refractivity (Wildman–Crippen MR) is 133 cm³/mol. The van der Waals surface area contributed by atoms with E-state index in [0.29, 0.717) is 0 Å². The molecule has 1 aliphatic rings. The Morgan fingerprint density at radius 2 is 1.84 bits per heavy atom. The Kier molecular flexibility index (Phi) is 4.93. The Hall–Kier alpha value is -2.81. The van der Waals surface area contributed by atoms with E-state index < -0.39 is 0 Å². The maximum atomic E-state index is 5.08. The molecule has 0 aliphatic carbocycles. The molecule has 0 unspecified atom stereocenters. The third-order valence-electron chi connectivity index (χ3n) is 6.22. The molecule has 0 saturated carbocycles. The summed E-state index contributed by atoms with van der Waals surface area (Å²) in [5, 5.41) is 3.31. The first-order valence-electron chi connectivity index (χ1n) is 10.9. The fourth-order valence-electron chi connectivity index (χ4n) is 4.38. The van der Waals surface area contributed by atoms with Gasteiger partial charge in [-0.1, -0.05) is 12.1 Å². The number of rotatable bonds is 4. The van der Waals surface area contributed by atoms with Gasteiger partial charge in [0, 0.05) is 50.0 Å². The molecular weight excluding hydrogens is 436 g/mol. The number of aryl methyl sites for hydroxylation is 2. The maximum absolute atomic E-state index is 5.08. The van der Waals surface area contributed by atoms with Gasteiger partial charge >= 0.3 is 0 Å². The fourth-order valence-corrected chi connectivity index (χ4v) is 6.06. The first-order valence-corrected chi connectivity index (χ1v) is 12.6. The van der Waals surface area contributed by atoms with Gasteiger partial charge in [-0.2, -0.15) is 0 Å². The van der Waals surface area contributed by atoms with E-state index in [1.54, 1.807) is 22.7 Å². The number of imidazole rings is 1. The van der Waals surface area contributed by atoms with Crippen LogP contribution < -0.4 is 4.90 Å². The number of nitrogens with zero attached hydrogens (tertiary/aromatic N) is 6. The molecule has 8 heteroatoms. The van der Waals surface area contributed by atoms with E-state index in [1.165, 1.54) is 15.8 Å². The van der Waals surface area contributed by atoms with E-state index in [0.717, 1.165) is 65.4 Å². The van der Waals surface area contributed by atoms with Crippen molar-refractivity contribution in [2.45, 2.75) is 20.4 Å². The molecule has 1 aliphatic heterocycles. The van der Waals surface area contributed by atoms with Gasteiger partial charge in [0.2, 0.25) is 0 Å². The van der Waals surface area contributed by atoms with Crippen molar-refractivity contribution in [1.29, 1.82) is 0 Å². The Balaban J connectivity index is 1.26. The fraction of sp³-hybridized carbons (Fsp3) is 0.292. The van der Waals surface area contributed by atoms with Crippen molar-refractivity contribution in [2.24, 2.45) is 0 Å². The summed E-state index contributed by atoms with van der Waals surface area (Å²) in [5.41, 5.74) is 3.44. The minimum Gasteiger partial charge on any atom is -0.353 e. The van der Waals surface area contributed by atoms with Crippen LogP contribution in [0.3, 0.4) is 0 Å². The highest BCUT2D eigenvalue weighted by Crippen LogP contribution is 2.37. The summed E-state index contributed by atoms with van der Waals surface area (Å²) in [7, 11) is 0. The van der Waals surface area contributed by atoms with Gasteiger partial charge < -0.3 is 9.30 Å². The van der Waals surface area contributed by atoms with Gasteiger partial charge in [-0.3, -0.25) is 4.90 Å². The molecule has 0 radical (unpaired) electrons. The topological polar surface area (TPSA) is 49.6 Å². The summed E-state index contributed by atoms with van der Waals surface area (Å²) in [4.78, 5) is 23.2. The molecule has 0 spiro atoms. The number of hydrogen-bond donors (Lipinski definition) is 0. The minimum atomic E-state index is 0.843. The zero-order valence-electron chi connectivity index (χ0n) is 18.2. The second-order valence-corrected chi connectivity index (χ2v) is 10.4. The van der Waals surface area contributed by atoms with Gasteiger partial charge in [0.1, 0.15) is 16.3 Å². The van der Waals surface area contributed by atoms with E-state index in [-0.39, 0.29) is 0 Å². The lowest BCUT2D eigenvalue weighted by molar-refractivity contribution is 0.247. The first kappa shape index (κ1) is 19.8. The average molecular weight is 461 g/mol. The van der Waals surface area contributed by atoms with E-state index in [1.807, 2.05) is 12.1 Å². The summed E-state index contributed by atoms with van der Waals surface area (Å²) < 4.78 is 2.09. The van der Waals surface area contributed by atoms with E-state index >= 15 is 0 Å². The number of fused-ring (bicyclic) bond motifs is 2. The third kappa shape index (κ3) is 3.48. The van der Waals surface area contributed by atoms with Gasteiger partial charge in [-0.25, -0.2) is 15.0 Å². The van der Waals surface area contributed by atoms with Crippen molar-refractivity contribution in [3.05, 3.63) is 64.2 Å². The van der Waals surface area contributed by atoms with Crippen LogP contribution in [-0.4, -0.2) is 50.4 Å². The van der Waals surface area contributed by atoms with Crippen LogP contribution in [-0.2, 0) is 6.54 Å². The lowest BCUT2D eigenvalue weighted by atomic mass is 10.2. The van der Waals surface area contributed by atoms with Crippen molar-refractivity contribution in [3.8, 4) is 10.7 Å². The average Bonchev–Trinajstić information content (AvgIpc) is 3.53. The molecule has 0 bridgehead atoms. The standard InChI is InChI=1S/C24H24N6S2/c1-16-17(2)32-24-21(16)23(26-22(27-24)19-6-5-13-31-19)29-11-9-28(10-12-29)14-18-15-30-8-4-3-7-20(30)25-18/h3-8,13,15H,9-12,14H2,1-2H3. The summed E-state index contributed by atoms with van der Waals surface area (Å²) in [6, 6.07) is 10.3. The second kappa shape index (κ2) is 7.95. The van der Waals surface area contributed by atoms with Gasteiger partial charge in [0.15, 0.2) is 5.82 Å². The van der Waals surface area contributed by atoms with Crippen LogP contribution in [0.2, 0.25) is 0 Å². The normalized spacial score (nSPS) is 15.2. The second-order valence-electron chi connectivity index (χ2n) is 8.27. The van der Waals surface area contributed by atoms with Gasteiger partial charge in [-0.05, 0) is 43.0 Å². The van der Waals surface area contributed by atoms with Gasteiger partial charge in [0.25, 0.3) is 0 Å². The summed E-state index contributed by atoms with van der Waals surface area (Å²) in [5.74, 6) is 1.93. The zero-order chi connectivity index (χ0) is 21.7. The third-order valence-corrected chi connectivity index (χ3v) is 8.19. The quantitative estimate of drug-likeness (QED) is 0.377. The number of pyridine rings is 1. The van der Waals surface area contributed by atoms with E-state index in [4.69, 9.17) is 15.0 Å². The van der Waals surface area contributed by atoms with Crippen molar-refractivity contribution >= 4 is 44.4 Å². The minimum absolute atomic E-state index is 0.843. The molecule has 6 rings (SSSR count). The molecular formula is C24H24N6S2. The number of thiophene rings is 2. The molecule has 0 amide bonds. The van der Waals surface area contributed by atoms with Crippen molar-refractivity contribution in [3.63, 3.8) is 0 Å². The van der Waals surface area contributed by atoms with Gasteiger partial charge in [0.05, 0.1) is 16.0 Å². The molecule has 0 N–H and O–H groups in total. The molecule has 1 fully saturated rings. The highest BCUT2D eigenvalue weighted by atomic mass is 32.1. The molecule has 6 nitrogen and oxygen atoms in total. The largest absolute Gasteiger partial charge is 0.353 e. The van der Waals surface area contributed by atoms with Crippen molar-refractivity contribution in [1.82, 2.24) is 24.3 Å². The Morgan fingerprint density at radius 1 is 0.969 bits per heavy atom. The maximum Gasteiger partial charge on any atom is 0.173 e. The van der Waals surface area contributed by atoms with Crippen LogP contribution in [0, 0.1) is 13.8 Å². The van der Waals surface area contributed by atoms with E-state index in [9.17, 15) is 0 Å². The van der Waals surface area contributed by atoms with Crippen LogP contribution in [0.15, 0.2) is 48.1 Å². The Bertz CT molecular complexity index is 1360. The molecule has 5 aromatic rings.